The summed E-state index contributed by atoms with van der Waals surface area (Å²) in [5, 5.41) is 12.5. The predicted molar refractivity (Wildman–Crippen MR) is 79.1 cm³/mol. The number of anilines is 1. The maximum atomic E-state index is 9.09. The van der Waals surface area contributed by atoms with Crippen LogP contribution in [0.15, 0.2) is 11.4 Å². The molecule has 0 spiro atoms. The van der Waals surface area contributed by atoms with Crippen LogP contribution >= 0.6 is 22.9 Å². The molecule has 1 aliphatic heterocycles. The summed E-state index contributed by atoms with van der Waals surface area (Å²) in [4.78, 5) is 11.9. The first-order valence-electron chi connectivity index (χ1n) is 6.54. The summed E-state index contributed by atoms with van der Waals surface area (Å²) in [5.41, 5.74) is 0. The van der Waals surface area contributed by atoms with E-state index in [0.717, 1.165) is 42.0 Å². The number of aliphatic hydroxyl groups excluding tert-OH is 1. The molecule has 2 aromatic rings. The number of hydrogen-bond donors (Lipinski definition) is 1. The zero-order valence-corrected chi connectivity index (χ0v) is 12.1. The van der Waals surface area contributed by atoms with E-state index in [0.29, 0.717) is 11.2 Å². The van der Waals surface area contributed by atoms with Crippen LogP contribution in [0, 0.1) is 5.92 Å². The minimum Gasteiger partial charge on any atom is -0.396 e. The molecule has 3 heterocycles. The van der Waals surface area contributed by atoms with Crippen molar-refractivity contribution < 1.29 is 5.11 Å². The summed E-state index contributed by atoms with van der Waals surface area (Å²) in [7, 11) is 0. The highest BCUT2D eigenvalue weighted by Gasteiger charge is 2.22. The number of piperidine rings is 1. The molecule has 0 aliphatic carbocycles. The van der Waals surface area contributed by atoms with Crippen molar-refractivity contribution in [2.75, 3.05) is 24.6 Å². The Balaban J connectivity index is 1.92. The Kier molecular flexibility index (Phi) is 3.86. The summed E-state index contributed by atoms with van der Waals surface area (Å²) in [6.45, 7) is 2.20. The topological polar surface area (TPSA) is 49.2 Å². The molecule has 0 saturated carbocycles. The number of aliphatic hydroxyl groups is 1. The van der Waals surface area contributed by atoms with Crippen LogP contribution in [0.2, 0.25) is 5.28 Å². The number of aromatic nitrogens is 2. The van der Waals surface area contributed by atoms with E-state index in [2.05, 4.69) is 20.9 Å². The average molecular weight is 298 g/mol. The van der Waals surface area contributed by atoms with Gasteiger partial charge in [0.15, 0.2) is 0 Å². The van der Waals surface area contributed by atoms with Crippen LogP contribution in [-0.2, 0) is 0 Å². The smallest absolute Gasteiger partial charge is 0.225 e. The van der Waals surface area contributed by atoms with Gasteiger partial charge in [0.2, 0.25) is 5.28 Å². The first kappa shape index (κ1) is 13.1. The fourth-order valence-corrected chi connectivity index (χ4v) is 3.70. The van der Waals surface area contributed by atoms with Gasteiger partial charge in [-0.2, -0.15) is 4.98 Å². The van der Waals surface area contributed by atoms with Crippen LogP contribution in [0.25, 0.3) is 10.2 Å². The van der Waals surface area contributed by atoms with Gasteiger partial charge >= 0.3 is 0 Å². The van der Waals surface area contributed by atoms with Crippen molar-refractivity contribution in [1.29, 1.82) is 0 Å². The van der Waals surface area contributed by atoms with Crippen molar-refractivity contribution >= 4 is 39.0 Å². The highest BCUT2D eigenvalue weighted by molar-refractivity contribution is 7.16. The maximum Gasteiger partial charge on any atom is 0.225 e. The molecule has 3 rings (SSSR count). The van der Waals surface area contributed by atoms with E-state index in [1.54, 1.807) is 11.3 Å². The van der Waals surface area contributed by atoms with Crippen molar-refractivity contribution in [3.05, 3.63) is 16.7 Å². The standard InChI is InChI=1S/C13H16ClN3OS/c14-13-15-11(10-4-7-19-12(10)16-13)17-5-1-2-9(8-17)3-6-18/h4,7,9,18H,1-3,5-6,8H2. The van der Waals surface area contributed by atoms with Crippen molar-refractivity contribution in [3.8, 4) is 0 Å². The summed E-state index contributed by atoms with van der Waals surface area (Å²) in [6.07, 6.45) is 3.18. The second-order valence-electron chi connectivity index (χ2n) is 4.92. The minimum absolute atomic E-state index is 0.261. The van der Waals surface area contributed by atoms with E-state index in [-0.39, 0.29) is 6.61 Å². The summed E-state index contributed by atoms with van der Waals surface area (Å²) in [5.74, 6) is 1.49. The molecule has 0 bridgehead atoms. The third-order valence-electron chi connectivity index (χ3n) is 3.63. The molecule has 0 radical (unpaired) electrons. The number of rotatable bonds is 3. The quantitative estimate of drug-likeness (QED) is 0.885. The van der Waals surface area contributed by atoms with Crippen LogP contribution in [0.5, 0.6) is 0 Å². The molecule has 4 nitrogen and oxygen atoms in total. The van der Waals surface area contributed by atoms with E-state index in [4.69, 9.17) is 16.7 Å². The van der Waals surface area contributed by atoms with Crippen LogP contribution in [0.3, 0.4) is 0 Å². The molecule has 102 valence electrons. The first-order valence-corrected chi connectivity index (χ1v) is 7.80. The van der Waals surface area contributed by atoms with E-state index < -0.39 is 0 Å². The zero-order chi connectivity index (χ0) is 13.2. The lowest BCUT2D eigenvalue weighted by atomic mass is 9.95. The van der Waals surface area contributed by atoms with Gasteiger partial charge in [-0.15, -0.1) is 11.3 Å². The fourth-order valence-electron chi connectivity index (χ4n) is 2.73. The number of nitrogens with zero attached hydrogens (tertiary/aromatic N) is 3. The Morgan fingerprint density at radius 2 is 2.37 bits per heavy atom. The van der Waals surface area contributed by atoms with Gasteiger partial charge in [0.25, 0.3) is 0 Å². The molecule has 1 fully saturated rings. The van der Waals surface area contributed by atoms with Gasteiger partial charge in [0.05, 0.1) is 5.39 Å². The molecule has 1 atom stereocenters. The number of hydrogen-bond acceptors (Lipinski definition) is 5. The van der Waals surface area contributed by atoms with Crippen LogP contribution in [-0.4, -0.2) is 34.8 Å². The van der Waals surface area contributed by atoms with E-state index in [1.165, 1.54) is 6.42 Å². The lowest BCUT2D eigenvalue weighted by molar-refractivity contribution is 0.244. The summed E-state index contributed by atoms with van der Waals surface area (Å²) >= 11 is 7.60. The number of halogens is 1. The Morgan fingerprint density at radius 1 is 1.47 bits per heavy atom. The van der Waals surface area contributed by atoms with Gasteiger partial charge in [0.1, 0.15) is 10.6 Å². The molecule has 1 aliphatic rings. The van der Waals surface area contributed by atoms with Gasteiger partial charge in [-0.05, 0) is 48.2 Å². The highest BCUT2D eigenvalue weighted by Crippen LogP contribution is 2.32. The predicted octanol–water partition coefficient (Wildman–Crippen LogP) is 2.94. The molecule has 0 amide bonds. The van der Waals surface area contributed by atoms with E-state index in [1.807, 2.05) is 5.38 Å². The van der Waals surface area contributed by atoms with Gasteiger partial charge in [-0.3, -0.25) is 0 Å². The third kappa shape index (κ3) is 2.68. The van der Waals surface area contributed by atoms with Crippen molar-refractivity contribution in [2.45, 2.75) is 19.3 Å². The second-order valence-corrected chi connectivity index (χ2v) is 6.15. The molecule has 1 unspecified atom stereocenters. The minimum atomic E-state index is 0.261. The van der Waals surface area contributed by atoms with E-state index >= 15 is 0 Å². The SMILES string of the molecule is OCCC1CCCN(c2nc(Cl)nc3sccc23)C1. The lowest BCUT2D eigenvalue weighted by Crippen LogP contribution is -2.36. The fraction of sp³-hybridized carbons (Fsp3) is 0.538. The zero-order valence-electron chi connectivity index (χ0n) is 10.5. The third-order valence-corrected chi connectivity index (χ3v) is 4.61. The monoisotopic (exact) mass is 297 g/mol. The summed E-state index contributed by atoms with van der Waals surface area (Å²) < 4.78 is 0. The van der Waals surface area contributed by atoms with Crippen molar-refractivity contribution in [2.24, 2.45) is 5.92 Å². The molecule has 0 aromatic carbocycles. The van der Waals surface area contributed by atoms with Gasteiger partial charge < -0.3 is 10.0 Å². The normalized spacial score (nSPS) is 20.1. The summed E-state index contributed by atoms with van der Waals surface area (Å²) in [6, 6.07) is 2.06. The molecule has 2 aromatic heterocycles. The molecular weight excluding hydrogens is 282 g/mol. The molecular formula is C13H16ClN3OS. The molecule has 1 N–H and O–H groups in total. The second kappa shape index (κ2) is 5.61. The largest absolute Gasteiger partial charge is 0.396 e. The van der Waals surface area contributed by atoms with Crippen LogP contribution in [0.4, 0.5) is 5.82 Å². The maximum absolute atomic E-state index is 9.09. The highest BCUT2D eigenvalue weighted by atomic mass is 35.5. The Hall–Kier alpha value is -0.910. The average Bonchev–Trinajstić information content (AvgIpc) is 2.86. The van der Waals surface area contributed by atoms with Gasteiger partial charge in [-0.25, -0.2) is 4.98 Å². The lowest BCUT2D eigenvalue weighted by Gasteiger charge is -2.33. The molecule has 1 saturated heterocycles. The van der Waals surface area contributed by atoms with Crippen molar-refractivity contribution in [3.63, 3.8) is 0 Å². The Labute approximate surface area is 121 Å². The first-order chi connectivity index (χ1) is 9.28. The van der Waals surface area contributed by atoms with Gasteiger partial charge in [0, 0.05) is 19.7 Å². The molecule has 19 heavy (non-hydrogen) atoms. The number of thiophene rings is 1. The number of fused-ring (bicyclic) bond motifs is 1. The van der Waals surface area contributed by atoms with Crippen LogP contribution < -0.4 is 4.90 Å². The van der Waals surface area contributed by atoms with Crippen molar-refractivity contribution in [1.82, 2.24) is 9.97 Å². The van der Waals surface area contributed by atoms with Crippen LogP contribution in [0.1, 0.15) is 19.3 Å². The van der Waals surface area contributed by atoms with E-state index in [9.17, 15) is 0 Å². The molecule has 6 heteroatoms. The Morgan fingerprint density at radius 3 is 3.21 bits per heavy atom. The Bertz CT molecular complexity index is 572. The van der Waals surface area contributed by atoms with Gasteiger partial charge in [-0.1, -0.05) is 0 Å².